The Balaban J connectivity index is 2.11. The Morgan fingerprint density at radius 3 is 3.00 bits per heavy atom. The minimum atomic E-state index is -0.131. The molecule has 0 saturated carbocycles. The fourth-order valence-electron chi connectivity index (χ4n) is 1.67. The van der Waals surface area contributed by atoms with E-state index in [4.69, 9.17) is 18.0 Å². The van der Waals surface area contributed by atoms with Crippen molar-refractivity contribution < 1.29 is 4.79 Å². The summed E-state index contributed by atoms with van der Waals surface area (Å²) in [6, 6.07) is 9.19. The summed E-state index contributed by atoms with van der Waals surface area (Å²) in [6.07, 6.45) is 1.73. The number of benzene rings is 1. The summed E-state index contributed by atoms with van der Waals surface area (Å²) < 4.78 is 0. The molecule has 1 aromatic carbocycles. The van der Waals surface area contributed by atoms with Crippen molar-refractivity contribution in [3.05, 3.63) is 42.1 Å². The number of hydrogen-bond donors (Lipinski definition) is 2. The van der Waals surface area contributed by atoms with Gasteiger partial charge in [0.2, 0.25) is 0 Å². The smallest absolute Gasteiger partial charge is 0.251 e. The van der Waals surface area contributed by atoms with Crippen LogP contribution in [-0.2, 0) is 0 Å². The first kappa shape index (κ1) is 13.4. The molecular weight excluding hydrogens is 258 g/mol. The summed E-state index contributed by atoms with van der Waals surface area (Å²) in [7, 11) is 0. The highest BCUT2D eigenvalue weighted by atomic mass is 32.1. The van der Waals surface area contributed by atoms with Crippen molar-refractivity contribution in [2.24, 2.45) is 11.7 Å². The fraction of sp³-hybridized carbons (Fsp3) is 0.214. The van der Waals surface area contributed by atoms with Gasteiger partial charge in [-0.25, -0.2) is 0 Å². The molecule has 5 heteroatoms. The standard InChI is InChI=1S/C14H15N3OS/c1-9(13(15)19)8-17-14(18)11-4-5-12-10(7-11)3-2-6-16-12/h2-7,9H,8H2,1H3,(H2,15,19)(H,17,18). The van der Waals surface area contributed by atoms with E-state index >= 15 is 0 Å². The zero-order valence-corrected chi connectivity index (χ0v) is 11.4. The molecule has 19 heavy (non-hydrogen) atoms. The summed E-state index contributed by atoms with van der Waals surface area (Å²) in [6.45, 7) is 2.33. The number of aromatic nitrogens is 1. The van der Waals surface area contributed by atoms with Crippen LogP contribution in [0.1, 0.15) is 17.3 Å². The summed E-state index contributed by atoms with van der Waals surface area (Å²) in [4.78, 5) is 16.6. The molecule has 0 bridgehead atoms. The Morgan fingerprint density at radius 2 is 2.26 bits per heavy atom. The van der Waals surface area contributed by atoms with Gasteiger partial charge >= 0.3 is 0 Å². The molecule has 2 aromatic rings. The average Bonchev–Trinajstić information content (AvgIpc) is 2.43. The number of pyridine rings is 1. The number of carbonyl (C=O) groups is 1. The van der Waals surface area contributed by atoms with E-state index < -0.39 is 0 Å². The lowest BCUT2D eigenvalue weighted by Gasteiger charge is -2.11. The van der Waals surface area contributed by atoms with E-state index in [9.17, 15) is 4.79 Å². The SMILES string of the molecule is CC(CNC(=O)c1ccc2ncccc2c1)C(N)=S. The maximum absolute atomic E-state index is 12.0. The van der Waals surface area contributed by atoms with Crippen molar-refractivity contribution in [2.45, 2.75) is 6.92 Å². The number of thiocarbonyl (C=S) groups is 1. The molecule has 4 nitrogen and oxygen atoms in total. The zero-order chi connectivity index (χ0) is 13.8. The fourth-order valence-corrected chi connectivity index (χ4v) is 1.75. The Labute approximate surface area is 117 Å². The van der Waals surface area contributed by atoms with Crippen molar-refractivity contribution in [3.8, 4) is 0 Å². The van der Waals surface area contributed by atoms with E-state index in [-0.39, 0.29) is 11.8 Å². The largest absolute Gasteiger partial charge is 0.393 e. The second-order valence-electron chi connectivity index (χ2n) is 4.42. The lowest BCUT2D eigenvalue weighted by molar-refractivity contribution is 0.0951. The summed E-state index contributed by atoms with van der Waals surface area (Å²) in [5.74, 6) is -0.144. The van der Waals surface area contributed by atoms with E-state index in [0.29, 0.717) is 17.1 Å². The third-order valence-electron chi connectivity index (χ3n) is 2.92. The summed E-state index contributed by atoms with van der Waals surface area (Å²) >= 11 is 4.87. The van der Waals surface area contributed by atoms with Crippen LogP contribution in [0.3, 0.4) is 0 Å². The van der Waals surface area contributed by atoms with Gasteiger partial charge in [-0.15, -0.1) is 0 Å². The van der Waals surface area contributed by atoms with Crippen LogP contribution in [0.25, 0.3) is 10.9 Å². The zero-order valence-electron chi connectivity index (χ0n) is 10.6. The van der Waals surface area contributed by atoms with Gasteiger partial charge in [0.1, 0.15) is 0 Å². The number of hydrogen-bond acceptors (Lipinski definition) is 3. The number of carbonyl (C=O) groups excluding carboxylic acids is 1. The Hall–Kier alpha value is -2.01. The Kier molecular flexibility index (Phi) is 4.06. The molecule has 3 N–H and O–H groups in total. The number of nitrogens with one attached hydrogen (secondary N) is 1. The van der Waals surface area contributed by atoms with Gasteiger partial charge in [-0.05, 0) is 24.3 Å². The van der Waals surface area contributed by atoms with Gasteiger partial charge in [0.15, 0.2) is 0 Å². The molecule has 1 amide bonds. The molecule has 1 unspecified atom stereocenters. The monoisotopic (exact) mass is 273 g/mol. The molecule has 0 radical (unpaired) electrons. The van der Waals surface area contributed by atoms with Gasteiger partial charge < -0.3 is 11.1 Å². The molecule has 2 rings (SSSR count). The topological polar surface area (TPSA) is 68.0 Å². The van der Waals surface area contributed by atoms with Gasteiger partial charge in [0, 0.05) is 29.6 Å². The van der Waals surface area contributed by atoms with Crippen LogP contribution in [0.15, 0.2) is 36.5 Å². The predicted octanol–water partition coefficient (Wildman–Crippen LogP) is 1.89. The van der Waals surface area contributed by atoms with Crippen LogP contribution >= 0.6 is 12.2 Å². The van der Waals surface area contributed by atoms with E-state index in [2.05, 4.69) is 10.3 Å². The Bertz CT molecular complexity index is 627. The van der Waals surface area contributed by atoms with Crippen LogP contribution in [0, 0.1) is 5.92 Å². The van der Waals surface area contributed by atoms with Crippen molar-refractivity contribution >= 4 is 34.0 Å². The molecule has 0 saturated heterocycles. The van der Waals surface area contributed by atoms with Crippen LogP contribution < -0.4 is 11.1 Å². The quantitative estimate of drug-likeness (QED) is 0.835. The second kappa shape index (κ2) is 5.75. The predicted molar refractivity (Wildman–Crippen MR) is 80.0 cm³/mol. The number of amides is 1. The van der Waals surface area contributed by atoms with Crippen LogP contribution in [-0.4, -0.2) is 22.4 Å². The molecule has 1 aromatic heterocycles. The highest BCUT2D eigenvalue weighted by Gasteiger charge is 2.10. The molecular formula is C14H15N3OS. The van der Waals surface area contributed by atoms with Crippen LogP contribution in [0.5, 0.6) is 0 Å². The van der Waals surface area contributed by atoms with Gasteiger partial charge in [-0.3, -0.25) is 9.78 Å². The number of nitrogens with zero attached hydrogens (tertiary/aromatic N) is 1. The minimum Gasteiger partial charge on any atom is -0.393 e. The van der Waals surface area contributed by atoms with Gasteiger partial charge in [0.25, 0.3) is 5.91 Å². The maximum atomic E-state index is 12.0. The normalized spacial score (nSPS) is 12.1. The van der Waals surface area contributed by atoms with E-state index in [1.165, 1.54) is 0 Å². The van der Waals surface area contributed by atoms with E-state index in [1.54, 1.807) is 12.3 Å². The molecule has 0 fully saturated rings. The number of rotatable bonds is 4. The average molecular weight is 273 g/mol. The van der Waals surface area contributed by atoms with Crippen molar-refractivity contribution in [3.63, 3.8) is 0 Å². The van der Waals surface area contributed by atoms with Crippen molar-refractivity contribution in [2.75, 3.05) is 6.54 Å². The number of fused-ring (bicyclic) bond motifs is 1. The maximum Gasteiger partial charge on any atom is 0.251 e. The first-order valence-corrected chi connectivity index (χ1v) is 6.41. The van der Waals surface area contributed by atoms with Crippen LogP contribution in [0.2, 0.25) is 0 Å². The molecule has 0 aliphatic heterocycles. The number of nitrogens with two attached hydrogens (primary N) is 1. The first-order valence-electron chi connectivity index (χ1n) is 6.00. The molecule has 0 spiro atoms. The lowest BCUT2D eigenvalue weighted by Crippen LogP contribution is -2.33. The third kappa shape index (κ3) is 3.26. The molecule has 1 atom stereocenters. The highest BCUT2D eigenvalue weighted by Crippen LogP contribution is 2.13. The van der Waals surface area contributed by atoms with Crippen molar-refractivity contribution in [1.29, 1.82) is 0 Å². The van der Waals surface area contributed by atoms with E-state index in [0.717, 1.165) is 10.9 Å². The summed E-state index contributed by atoms with van der Waals surface area (Å²) in [5.41, 5.74) is 6.99. The van der Waals surface area contributed by atoms with Crippen molar-refractivity contribution in [1.82, 2.24) is 10.3 Å². The molecule has 98 valence electrons. The Morgan fingerprint density at radius 1 is 1.47 bits per heavy atom. The van der Waals surface area contributed by atoms with Gasteiger partial charge in [-0.1, -0.05) is 25.2 Å². The summed E-state index contributed by atoms with van der Waals surface area (Å²) in [5, 5.41) is 3.76. The van der Waals surface area contributed by atoms with Gasteiger partial charge in [-0.2, -0.15) is 0 Å². The van der Waals surface area contributed by atoms with Gasteiger partial charge in [0.05, 0.1) is 10.5 Å². The third-order valence-corrected chi connectivity index (χ3v) is 3.32. The lowest BCUT2D eigenvalue weighted by atomic mass is 10.1. The van der Waals surface area contributed by atoms with E-state index in [1.807, 2.05) is 31.2 Å². The molecule has 0 aliphatic rings. The molecule has 1 heterocycles. The minimum absolute atomic E-state index is 0.0129. The first-order chi connectivity index (χ1) is 9.08. The molecule has 0 aliphatic carbocycles. The highest BCUT2D eigenvalue weighted by molar-refractivity contribution is 7.80. The second-order valence-corrected chi connectivity index (χ2v) is 4.90. The van der Waals surface area contributed by atoms with Crippen LogP contribution in [0.4, 0.5) is 0 Å².